The minimum absolute atomic E-state index is 0.252. The average Bonchev–Trinajstić information content (AvgIpc) is 2.89. The summed E-state index contributed by atoms with van der Waals surface area (Å²) in [6.07, 6.45) is 2.67. The van der Waals surface area contributed by atoms with Gasteiger partial charge in [0.1, 0.15) is 12.4 Å². The lowest BCUT2D eigenvalue weighted by atomic mass is 9.92. The van der Waals surface area contributed by atoms with Crippen LogP contribution in [0.25, 0.3) is 11.1 Å². The largest absolute Gasteiger partial charge is 0.492 e. The van der Waals surface area contributed by atoms with Gasteiger partial charge in [-0.1, -0.05) is 72.8 Å². The molecule has 1 atom stereocenters. The van der Waals surface area contributed by atoms with E-state index >= 15 is 0 Å². The number of benzene rings is 3. The Morgan fingerprint density at radius 1 is 0.818 bits per heavy atom. The molecule has 3 aromatic carbocycles. The monoisotopic (exact) mass is 436 g/mol. The molecule has 0 saturated heterocycles. The van der Waals surface area contributed by atoms with Crippen molar-refractivity contribution in [2.75, 3.05) is 13.7 Å². The number of aromatic nitrogens is 1. The van der Waals surface area contributed by atoms with Crippen LogP contribution in [0.15, 0.2) is 97.2 Å². The normalized spacial score (nSPS) is 15.0. The Morgan fingerprint density at radius 2 is 1.48 bits per heavy atom. The smallest absolute Gasteiger partial charge is 0.221 e. The molecule has 5 rings (SSSR count). The van der Waals surface area contributed by atoms with Gasteiger partial charge in [0.25, 0.3) is 0 Å². The molecule has 0 radical (unpaired) electrons. The lowest BCUT2D eigenvalue weighted by Gasteiger charge is -2.36. The van der Waals surface area contributed by atoms with Crippen LogP contribution in [-0.4, -0.2) is 29.6 Å². The van der Waals surface area contributed by atoms with Gasteiger partial charge in [-0.15, -0.1) is 0 Å². The van der Waals surface area contributed by atoms with Gasteiger partial charge in [-0.25, -0.2) is 4.98 Å². The number of nitrogens with zero attached hydrogens (tertiary/aromatic N) is 2. The number of fused-ring (bicyclic) bond motifs is 1. The van der Waals surface area contributed by atoms with E-state index in [1.54, 1.807) is 13.3 Å². The third kappa shape index (κ3) is 4.76. The molecule has 2 heterocycles. The lowest BCUT2D eigenvalue weighted by Crippen LogP contribution is -2.42. The molecular weight excluding hydrogens is 408 g/mol. The quantitative estimate of drug-likeness (QED) is 0.369. The standard InChI is InChI=1S/C29H28N2O2/c1-32-29-26(15-9-17-30-29)25-14-8-16-28-27(25)18-24(21-33-28)31(19-22-10-4-2-5-11-22)20-23-12-6-3-7-13-23/h2-17,24H,18-21H2,1H3. The maximum absolute atomic E-state index is 6.33. The lowest BCUT2D eigenvalue weighted by molar-refractivity contribution is 0.106. The molecule has 4 aromatic rings. The van der Waals surface area contributed by atoms with Gasteiger partial charge in [-0.3, -0.25) is 4.90 Å². The summed E-state index contributed by atoms with van der Waals surface area (Å²) < 4.78 is 11.9. The van der Waals surface area contributed by atoms with Crippen molar-refractivity contribution in [3.05, 3.63) is 114 Å². The Balaban J connectivity index is 1.48. The Bertz CT molecular complexity index is 1150. The maximum atomic E-state index is 6.33. The zero-order chi connectivity index (χ0) is 22.5. The van der Waals surface area contributed by atoms with Crippen LogP contribution >= 0.6 is 0 Å². The molecule has 0 bridgehead atoms. The third-order valence-electron chi connectivity index (χ3n) is 6.23. The second-order valence-corrected chi connectivity index (χ2v) is 8.39. The van der Waals surface area contributed by atoms with Crippen molar-refractivity contribution in [2.45, 2.75) is 25.6 Å². The summed E-state index contributed by atoms with van der Waals surface area (Å²) in [6, 6.07) is 31.9. The van der Waals surface area contributed by atoms with E-state index in [0.717, 1.165) is 36.4 Å². The maximum Gasteiger partial charge on any atom is 0.221 e. The fraction of sp³-hybridized carbons (Fsp3) is 0.207. The Morgan fingerprint density at radius 3 is 2.15 bits per heavy atom. The van der Waals surface area contributed by atoms with Crippen molar-refractivity contribution in [1.29, 1.82) is 0 Å². The molecule has 33 heavy (non-hydrogen) atoms. The van der Waals surface area contributed by atoms with Crippen molar-refractivity contribution in [3.63, 3.8) is 0 Å². The highest BCUT2D eigenvalue weighted by Gasteiger charge is 2.28. The van der Waals surface area contributed by atoms with Crippen LogP contribution in [0, 0.1) is 0 Å². The molecule has 1 aliphatic rings. The molecule has 1 unspecified atom stereocenters. The fourth-order valence-electron chi connectivity index (χ4n) is 4.59. The molecule has 0 N–H and O–H groups in total. The van der Waals surface area contributed by atoms with E-state index in [4.69, 9.17) is 9.47 Å². The Hall–Kier alpha value is -3.63. The number of methoxy groups -OCH3 is 1. The average molecular weight is 437 g/mol. The Labute approximate surface area is 195 Å². The van der Waals surface area contributed by atoms with Gasteiger partial charge < -0.3 is 9.47 Å². The predicted octanol–water partition coefficient (Wildman–Crippen LogP) is 5.76. The number of ether oxygens (including phenoxy) is 2. The van der Waals surface area contributed by atoms with Gasteiger partial charge in [0.05, 0.1) is 7.11 Å². The summed E-state index contributed by atoms with van der Waals surface area (Å²) >= 11 is 0. The summed E-state index contributed by atoms with van der Waals surface area (Å²) in [5.74, 6) is 1.59. The number of hydrogen-bond acceptors (Lipinski definition) is 4. The zero-order valence-electron chi connectivity index (χ0n) is 18.9. The highest BCUT2D eigenvalue weighted by atomic mass is 16.5. The first-order valence-electron chi connectivity index (χ1n) is 11.4. The summed E-state index contributed by atoms with van der Waals surface area (Å²) in [7, 11) is 1.67. The Kier molecular flexibility index (Phi) is 6.36. The van der Waals surface area contributed by atoms with E-state index in [2.05, 4.69) is 88.7 Å². The predicted molar refractivity (Wildman–Crippen MR) is 131 cm³/mol. The van der Waals surface area contributed by atoms with Crippen molar-refractivity contribution >= 4 is 0 Å². The van der Waals surface area contributed by atoms with Crippen molar-refractivity contribution in [3.8, 4) is 22.8 Å². The molecule has 0 saturated carbocycles. The first kappa shape index (κ1) is 21.2. The van der Waals surface area contributed by atoms with Crippen LogP contribution in [0.4, 0.5) is 0 Å². The number of pyridine rings is 1. The van der Waals surface area contributed by atoms with E-state index in [1.807, 2.05) is 12.1 Å². The van der Waals surface area contributed by atoms with Crippen molar-refractivity contribution in [2.24, 2.45) is 0 Å². The second kappa shape index (κ2) is 9.88. The van der Waals surface area contributed by atoms with E-state index < -0.39 is 0 Å². The van der Waals surface area contributed by atoms with Gasteiger partial charge in [0.15, 0.2) is 0 Å². The molecule has 0 aliphatic carbocycles. The molecule has 4 heteroatoms. The highest BCUT2D eigenvalue weighted by molar-refractivity contribution is 5.74. The van der Waals surface area contributed by atoms with Crippen LogP contribution in [0.2, 0.25) is 0 Å². The minimum atomic E-state index is 0.252. The van der Waals surface area contributed by atoms with Crippen molar-refractivity contribution in [1.82, 2.24) is 9.88 Å². The van der Waals surface area contributed by atoms with Crippen LogP contribution in [0.1, 0.15) is 16.7 Å². The van der Waals surface area contributed by atoms with Gasteiger partial charge in [0, 0.05) is 36.5 Å². The molecule has 1 aliphatic heterocycles. The summed E-state index contributed by atoms with van der Waals surface area (Å²) in [4.78, 5) is 6.95. The first-order chi connectivity index (χ1) is 16.3. The fourth-order valence-corrected chi connectivity index (χ4v) is 4.59. The minimum Gasteiger partial charge on any atom is -0.492 e. The number of hydrogen-bond donors (Lipinski definition) is 0. The molecule has 0 fully saturated rings. The molecule has 1 aromatic heterocycles. The third-order valence-corrected chi connectivity index (χ3v) is 6.23. The second-order valence-electron chi connectivity index (χ2n) is 8.39. The van der Waals surface area contributed by atoms with Gasteiger partial charge >= 0.3 is 0 Å². The van der Waals surface area contributed by atoms with Crippen LogP contribution < -0.4 is 9.47 Å². The van der Waals surface area contributed by atoms with Crippen LogP contribution in [-0.2, 0) is 19.5 Å². The summed E-state index contributed by atoms with van der Waals surface area (Å²) in [5.41, 5.74) is 5.95. The van der Waals surface area contributed by atoms with Gasteiger partial charge in [-0.2, -0.15) is 0 Å². The van der Waals surface area contributed by atoms with Crippen LogP contribution in [0.5, 0.6) is 11.6 Å². The summed E-state index contributed by atoms with van der Waals surface area (Å²) in [6.45, 7) is 2.41. The van der Waals surface area contributed by atoms with E-state index in [1.165, 1.54) is 16.7 Å². The van der Waals surface area contributed by atoms with Crippen LogP contribution in [0.3, 0.4) is 0 Å². The van der Waals surface area contributed by atoms with Gasteiger partial charge in [-0.05, 0) is 41.3 Å². The molecule has 166 valence electrons. The summed E-state index contributed by atoms with van der Waals surface area (Å²) in [5, 5.41) is 0. The highest BCUT2D eigenvalue weighted by Crippen LogP contribution is 2.38. The molecular formula is C29H28N2O2. The topological polar surface area (TPSA) is 34.6 Å². The van der Waals surface area contributed by atoms with E-state index in [0.29, 0.717) is 12.5 Å². The zero-order valence-corrected chi connectivity index (χ0v) is 18.9. The SMILES string of the molecule is COc1ncccc1-c1cccc2c1CC(N(Cc1ccccc1)Cc1ccccc1)CO2. The molecule has 4 nitrogen and oxygen atoms in total. The molecule has 0 spiro atoms. The first-order valence-corrected chi connectivity index (χ1v) is 11.4. The van der Waals surface area contributed by atoms with Gasteiger partial charge in [0.2, 0.25) is 5.88 Å². The van der Waals surface area contributed by atoms with Crippen molar-refractivity contribution < 1.29 is 9.47 Å². The van der Waals surface area contributed by atoms with E-state index in [-0.39, 0.29) is 6.04 Å². The van der Waals surface area contributed by atoms with E-state index in [9.17, 15) is 0 Å². The number of rotatable bonds is 7. The molecule has 0 amide bonds.